The molecule has 1 aromatic rings. The van der Waals surface area contributed by atoms with Gasteiger partial charge >= 0.3 is 0 Å². The van der Waals surface area contributed by atoms with E-state index >= 15 is 0 Å². The Morgan fingerprint density at radius 2 is 2.00 bits per heavy atom. The van der Waals surface area contributed by atoms with Crippen LogP contribution >= 0.6 is 0 Å². The highest BCUT2D eigenvalue weighted by Crippen LogP contribution is 2.26. The molecule has 0 saturated carbocycles. The lowest BCUT2D eigenvalue weighted by molar-refractivity contribution is -0.129. The summed E-state index contributed by atoms with van der Waals surface area (Å²) in [7, 11) is 0. The first-order chi connectivity index (χ1) is 11.5. The molecule has 130 valence electrons. The van der Waals surface area contributed by atoms with Gasteiger partial charge in [0.1, 0.15) is 0 Å². The van der Waals surface area contributed by atoms with Gasteiger partial charge in [-0.15, -0.1) is 0 Å². The quantitative estimate of drug-likeness (QED) is 0.889. The van der Waals surface area contributed by atoms with Crippen LogP contribution in [-0.4, -0.2) is 48.6 Å². The molecule has 24 heavy (non-hydrogen) atoms. The van der Waals surface area contributed by atoms with Gasteiger partial charge in [-0.1, -0.05) is 0 Å². The number of carbonyl (C=O) groups excluding carboxylic acids is 2. The number of anilines is 2. The minimum atomic E-state index is -0.592. The van der Waals surface area contributed by atoms with Crippen LogP contribution in [0.5, 0.6) is 0 Å². The van der Waals surface area contributed by atoms with E-state index in [4.69, 9.17) is 4.74 Å². The lowest BCUT2D eigenvalue weighted by Crippen LogP contribution is -2.56. The fraction of sp³-hybridized carbons (Fsp3) is 0.556. The van der Waals surface area contributed by atoms with E-state index < -0.39 is 5.54 Å². The van der Waals surface area contributed by atoms with E-state index in [2.05, 4.69) is 15.5 Å². The maximum atomic E-state index is 12.8. The van der Waals surface area contributed by atoms with Crippen molar-refractivity contribution in [3.63, 3.8) is 0 Å². The first-order valence-electron chi connectivity index (χ1n) is 8.54. The maximum absolute atomic E-state index is 12.8. The van der Waals surface area contributed by atoms with Crippen LogP contribution in [-0.2, 0) is 20.7 Å². The van der Waals surface area contributed by atoms with Gasteiger partial charge in [-0.2, -0.15) is 0 Å². The number of hydrogen-bond donors (Lipinski definition) is 2. The van der Waals surface area contributed by atoms with Crippen molar-refractivity contribution in [2.75, 3.05) is 36.9 Å². The molecular weight excluding hydrogens is 306 g/mol. The van der Waals surface area contributed by atoms with E-state index in [1.54, 1.807) is 0 Å². The van der Waals surface area contributed by atoms with Gasteiger partial charge in [0.25, 0.3) is 0 Å². The average Bonchev–Trinajstić information content (AvgIpc) is 2.76. The van der Waals surface area contributed by atoms with Gasteiger partial charge in [0.2, 0.25) is 11.8 Å². The van der Waals surface area contributed by atoms with Crippen LogP contribution in [0.2, 0.25) is 0 Å². The molecule has 2 aliphatic heterocycles. The number of fused-ring (bicyclic) bond motifs is 1. The number of rotatable bonds is 3. The number of aryl methyl sites for hydroxylation is 1. The molecule has 2 heterocycles. The molecule has 0 bridgehead atoms. The molecule has 6 heteroatoms. The van der Waals surface area contributed by atoms with Crippen molar-refractivity contribution in [3.05, 3.63) is 23.8 Å². The van der Waals surface area contributed by atoms with E-state index in [-0.39, 0.29) is 11.8 Å². The Kier molecular flexibility index (Phi) is 4.87. The first kappa shape index (κ1) is 16.9. The number of amides is 2. The summed E-state index contributed by atoms with van der Waals surface area (Å²) in [6, 6.07) is 5.68. The molecule has 0 atom stereocenters. The lowest BCUT2D eigenvalue weighted by atomic mass is 10.00. The van der Waals surface area contributed by atoms with Crippen LogP contribution < -0.4 is 10.6 Å². The highest BCUT2D eigenvalue weighted by molar-refractivity contribution is 5.98. The zero-order valence-electron chi connectivity index (χ0n) is 14.4. The summed E-state index contributed by atoms with van der Waals surface area (Å²) in [5.41, 5.74) is 2.10. The minimum absolute atomic E-state index is 0.0259. The number of benzene rings is 1. The number of carbonyl (C=O) groups is 2. The molecular formula is C18H25N3O3. The third-order valence-electron chi connectivity index (χ3n) is 4.84. The van der Waals surface area contributed by atoms with E-state index in [1.165, 1.54) is 0 Å². The van der Waals surface area contributed by atoms with Crippen LogP contribution in [0.3, 0.4) is 0 Å². The van der Waals surface area contributed by atoms with Gasteiger partial charge in [-0.3, -0.25) is 14.5 Å². The van der Waals surface area contributed by atoms with Crippen molar-refractivity contribution < 1.29 is 14.3 Å². The number of ether oxygens (including phenoxy) is 1. The van der Waals surface area contributed by atoms with Crippen molar-refractivity contribution in [1.82, 2.24) is 4.90 Å². The number of morpholine rings is 1. The summed E-state index contributed by atoms with van der Waals surface area (Å²) in [5, 5.41) is 5.94. The Labute approximate surface area is 142 Å². The molecule has 1 fully saturated rings. The Morgan fingerprint density at radius 1 is 1.25 bits per heavy atom. The Bertz CT molecular complexity index is 636. The molecule has 1 saturated heterocycles. The van der Waals surface area contributed by atoms with E-state index in [0.717, 1.165) is 42.9 Å². The van der Waals surface area contributed by atoms with Gasteiger partial charge in [-0.05, 0) is 50.5 Å². The number of nitrogens with one attached hydrogen (secondary N) is 2. The molecule has 0 unspecified atom stereocenters. The molecule has 3 rings (SSSR count). The van der Waals surface area contributed by atoms with E-state index in [1.807, 2.05) is 32.0 Å². The first-order valence-corrected chi connectivity index (χ1v) is 8.54. The second-order valence-electron chi connectivity index (χ2n) is 6.89. The largest absolute Gasteiger partial charge is 0.379 e. The summed E-state index contributed by atoms with van der Waals surface area (Å²) in [4.78, 5) is 26.5. The monoisotopic (exact) mass is 331 g/mol. The van der Waals surface area contributed by atoms with Crippen molar-refractivity contribution in [2.45, 2.75) is 38.6 Å². The van der Waals surface area contributed by atoms with Crippen molar-refractivity contribution in [3.8, 4) is 0 Å². The predicted octanol–water partition coefficient (Wildman–Crippen LogP) is 2.01. The highest BCUT2D eigenvalue weighted by Gasteiger charge is 2.35. The minimum Gasteiger partial charge on any atom is -0.379 e. The Morgan fingerprint density at radius 3 is 2.75 bits per heavy atom. The van der Waals surface area contributed by atoms with Crippen molar-refractivity contribution >= 4 is 23.2 Å². The van der Waals surface area contributed by atoms with Crippen molar-refractivity contribution in [1.29, 1.82) is 0 Å². The van der Waals surface area contributed by atoms with Crippen molar-refractivity contribution in [2.24, 2.45) is 0 Å². The summed E-state index contributed by atoms with van der Waals surface area (Å²) in [5.74, 6) is 0.0287. The fourth-order valence-electron chi connectivity index (χ4n) is 3.20. The smallest absolute Gasteiger partial charge is 0.244 e. The fourth-order valence-corrected chi connectivity index (χ4v) is 3.20. The van der Waals surface area contributed by atoms with Gasteiger partial charge < -0.3 is 15.4 Å². The topological polar surface area (TPSA) is 70.7 Å². The molecule has 6 nitrogen and oxygen atoms in total. The summed E-state index contributed by atoms with van der Waals surface area (Å²) in [6.07, 6.45) is 2.21. The van der Waals surface area contributed by atoms with Crippen LogP contribution in [0.25, 0.3) is 0 Å². The second kappa shape index (κ2) is 6.91. The zero-order chi connectivity index (χ0) is 17.2. The lowest BCUT2D eigenvalue weighted by Gasteiger charge is -2.39. The van der Waals surface area contributed by atoms with Gasteiger partial charge in [0.05, 0.1) is 18.8 Å². The zero-order valence-corrected chi connectivity index (χ0v) is 14.4. The van der Waals surface area contributed by atoms with Crippen LogP contribution in [0.4, 0.5) is 11.4 Å². The predicted molar refractivity (Wildman–Crippen MR) is 93.1 cm³/mol. The van der Waals surface area contributed by atoms with Crippen LogP contribution in [0, 0.1) is 0 Å². The molecule has 2 amide bonds. The highest BCUT2D eigenvalue weighted by atomic mass is 16.5. The molecule has 0 aromatic heterocycles. The Balaban J connectivity index is 1.72. The number of hydrogen-bond acceptors (Lipinski definition) is 4. The van der Waals surface area contributed by atoms with E-state index in [9.17, 15) is 9.59 Å². The van der Waals surface area contributed by atoms with E-state index in [0.29, 0.717) is 19.6 Å². The molecule has 0 radical (unpaired) electrons. The molecule has 0 aliphatic carbocycles. The molecule has 1 aromatic carbocycles. The third kappa shape index (κ3) is 3.60. The van der Waals surface area contributed by atoms with Gasteiger partial charge in [0, 0.05) is 30.9 Å². The Hall–Kier alpha value is -1.92. The average molecular weight is 331 g/mol. The van der Waals surface area contributed by atoms with Gasteiger partial charge in [-0.25, -0.2) is 0 Å². The SMILES string of the molecule is CC(C)(C(=O)Nc1ccc2c(c1)CCCC(=O)N2)N1CCOCC1. The third-order valence-corrected chi connectivity index (χ3v) is 4.84. The van der Waals surface area contributed by atoms with Crippen LogP contribution in [0.1, 0.15) is 32.3 Å². The molecule has 0 spiro atoms. The normalized spacial score (nSPS) is 19.2. The summed E-state index contributed by atoms with van der Waals surface area (Å²) < 4.78 is 5.37. The standard InChI is InChI=1S/C18H25N3O3/c1-18(2,21-8-10-24-11-9-21)17(23)19-14-6-7-15-13(12-14)4-3-5-16(22)20-15/h6-7,12H,3-5,8-11H2,1-2H3,(H,19,23)(H,20,22). The van der Waals surface area contributed by atoms with Crippen LogP contribution in [0.15, 0.2) is 18.2 Å². The van der Waals surface area contributed by atoms with Gasteiger partial charge in [0.15, 0.2) is 0 Å². The summed E-state index contributed by atoms with van der Waals surface area (Å²) >= 11 is 0. The molecule has 2 aliphatic rings. The molecule has 2 N–H and O–H groups in total. The summed E-state index contributed by atoms with van der Waals surface area (Å²) in [6.45, 7) is 6.73. The number of nitrogens with zero attached hydrogens (tertiary/aromatic N) is 1. The second-order valence-corrected chi connectivity index (χ2v) is 6.89. The maximum Gasteiger partial charge on any atom is 0.244 e.